The average Bonchev–Trinajstić information content (AvgIpc) is 3.35. The van der Waals surface area contributed by atoms with Crippen LogP contribution in [0.1, 0.15) is 37.3 Å². The molecular formula is C29H34N6O2S. The highest BCUT2D eigenvalue weighted by Crippen LogP contribution is 2.30. The third kappa shape index (κ3) is 6.34. The number of benzene rings is 2. The molecular weight excluding hydrogens is 496 g/mol. The molecule has 3 heterocycles. The van der Waals surface area contributed by atoms with Gasteiger partial charge in [0.25, 0.3) is 0 Å². The van der Waals surface area contributed by atoms with E-state index in [9.17, 15) is 4.79 Å². The van der Waals surface area contributed by atoms with Gasteiger partial charge < -0.3 is 15.0 Å². The largest absolute Gasteiger partial charge is 0.378 e. The number of rotatable bonds is 10. The normalized spacial score (nSPS) is 13.9. The van der Waals surface area contributed by atoms with Crippen molar-refractivity contribution in [3.05, 3.63) is 78.0 Å². The van der Waals surface area contributed by atoms with Crippen molar-refractivity contribution in [3.63, 3.8) is 0 Å². The Hall–Kier alpha value is -3.43. The maximum absolute atomic E-state index is 13.0. The summed E-state index contributed by atoms with van der Waals surface area (Å²) in [6, 6.07) is 20.4. The second-order valence-corrected chi connectivity index (χ2v) is 11.2. The van der Waals surface area contributed by atoms with Crippen LogP contribution in [0, 0.1) is 0 Å². The second kappa shape index (κ2) is 12.4. The first-order valence-corrected chi connectivity index (χ1v) is 14.1. The number of nitrogens with one attached hydrogen (secondary N) is 1. The third-order valence-corrected chi connectivity index (χ3v) is 7.41. The zero-order chi connectivity index (χ0) is 26.3. The van der Waals surface area contributed by atoms with Gasteiger partial charge in [-0.25, -0.2) is 14.6 Å². The van der Waals surface area contributed by atoms with Crippen molar-refractivity contribution in [2.24, 2.45) is 0 Å². The van der Waals surface area contributed by atoms with Crippen LogP contribution in [0.3, 0.4) is 0 Å². The Labute approximate surface area is 227 Å². The number of ether oxygens (including phenoxy) is 1. The van der Waals surface area contributed by atoms with E-state index in [1.54, 1.807) is 11.8 Å². The Kier molecular flexibility index (Phi) is 8.55. The fourth-order valence-electron chi connectivity index (χ4n) is 4.72. The van der Waals surface area contributed by atoms with Crippen LogP contribution in [0.15, 0.2) is 72.0 Å². The van der Waals surface area contributed by atoms with Crippen molar-refractivity contribution >= 4 is 34.5 Å². The first-order chi connectivity index (χ1) is 18.6. The van der Waals surface area contributed by atoms with E-state index in [0.717, 1.165) is 46.2 Å². The molecule has 1 aliphatic heterocycles. The summed E-state index contributed by atoms with van der Waals surface area (Å²) in [6.07, 6.45) is 2.22. The van der Waals surface area contributed by atoms with Crippen LogP contribution in [0.2, 0.25) is 0 Å². The fourth-order valence-corrected chi connectivity index (χ4v) is 5.42. The molecule has 4 aromatic rings. The molecule has 38 heavy (non-hydrogen) atoms. The van der Waals surface area contributed by atoms with Crippen LogP contribution < -0.4 is 10.2 Å². The number of hydrogen-bond acceptors (Lipinski definition) is 7. The Morgan fingerprint density at radius 1 is 1.00 bits per heavy atom. The highest BCUT2D eigenvalue weighted by atomic mass is 32.2. The number of nitrogens with zero attached hydrogens (tertiary/aromatic N) is 5. The zero-order valence-electron chi connectivity index (χ0n) is 21.9. The molecule has 0 unspecified atom stereocenters. The molecule has 1 aliphatic rings. The van der Waals surface area contributed by atoms with Gasteiger partial charge in [0.05, 0.1) is 31.3 Å². The summed E-state index contributed by atoms with van der Waals surface area (Å²) in [7, 11) is 0. The molecule has 0 aliphatic carbocycles. The van der Waals surface area contributed by atoms with Crippen molar-refractivity contribution in [1.29, 1.82) is 0 Å². The van der Waals surface area contributed by atoms with Crippen molar-refractivity contribution in [3.8, 4) is 0 Å². The smallest absolute Gasteiger partial charge is 0.221 e. The molecule has 0 radical (unpaired) electrons. The third-order valence-electron chi connectivity index (χ3n) is 6.55. The molecule has 0 saturated carbocycles. The number of aromatic nitrogens is 4. The molecule has 5 rings (SSSR count). The minimum Gasteiger partial charge on any atom is -0.378 e. The average molecular weight is 531 g/mol. The molecule has 2 aromatic heterocycles. The van der Waals surface area contributed by atoms with Crippen molar-refractivity contribution < 1.29 is 9.53 Å². The Bertz CT molecular complexity index is 1300. The van der Waals surface area contributed by atoms with E-state index in [1.165, 1.54) is 0 Å². The molecule has 1 amide bonds. The number of thioether (sulfide) groups is 1. The highest BCUT2D eigenvalue weighted by molar-refractivity contribution is 7.99. The molecule has 198 valence electrons. The van der Waals surface area contributed by atoms with Crippen molar-refractivity contribution in [1.82, 2.24) is 25.1 Å². The summed E-state index contributed by atoms with van der Waals surface area (Å²) >= 11 is 1.64. The molecule has 0 atom stereocenters. The highest BCUT2D eigenvalue weighted by Gasteiger charge is 2.21. The van der Waals surface area contributed by atoms with Gasteiger partial charge >= 0.3 is 0 Å². The van der Waals surface area contributed by atoms with E-state index in [0.29, 0.717) is 38.0 Å². The summed E-state index contributed by atoms with van der Waals surface area (Å²) in [5.41, 5.74) is 3.06. The summed E-state index contributed by atoms with van der Waals surface area (Å²) in [4.78, 5) is 25.0. The lowest BCUT2D eigenvalue weighted by Gasteiger charge is -2.28. The van der Waals surface area contributed by atoms with Gasteiger partial charge in [0.2, 0.25) is 5.91 Å². The monoisotopic (exact) mass is 530 g/mol. The van der Waals surface area contributed by atoms with Gasteiger partial charge in [0, 0.05) is 37.2 Å². The maximum atomic E-state index is 13.0. The van der Waals surface area contributed by atoms with Crippen molar-refractivity contribution in [2.75, 3.05) is 37.7 Å². The van der Waals surface area contributed by atoms with Crippen LogP contribution in [-0.4, -0.2) is 63.8 Å². The van der Waals surface area contributed by atoms with Gasteiger partial charge in [-0.3, -0.25) is 4.79 Å². The molecule has 0 bridgehead atoms. The number of morpholine rings is 1. The van der Waals surface area contributed by atoms with Crippen LogP contribution in [-0.2, 0) is 16.1 Å². The molecule has 8 nitrogen and oxygen atoms in total. The van der Waals surface area contributed by atoms with E-state index in [-0.39, 0.29) is 11.8 Å². The maximum Gasteiger partial charge on any atom is 0.221 e. The second-order valence-electron chi connectivity index (χ2n) is 9.63. The Morgan fingerprint density at radius 2 is 1.66 bits per heavy atom. The summed E-state index contributed by atoms with van der Waals surface area (Å²) < 4.78 is 7.41. The quantitative estimate of drug-likeness (QED) is 0.239. The van der Waals surface area contributed by atoms with E-state index < -0.39 is 0 Å². The molecule has 2 aromatic carbocycles. The van der Waals surface area contributed by atoms with E-state index in [2.05, 4.69) is 53.4 Å². The lowest BCUT2D eigenvalue weighted by Crippen LogP contribution is -2.37. The standard InChI is InChI=1S/C29H34N6O2S/c1-21(2)38-29-32-27(34-15-17-37-18-16-34)25-20-31-35(28(25)33-29)14-13-30-26(36)19-24(22-9-5-3-6-10-22)23-11-7-4-8-12-23/h3-12,20-21,24H,13-19H2,1-2H3,(H,30,36). The number of amides is 1. The van der Waals surface area contributed by atoms with Gasteiger partial charge in [-0.1, -0.05) is 86.3 Å². The zero-order valence-corrected chi connectivity index (χ0v) is 22.7. The number of hydrogen-bond donors (Lipinski definition) is 1. The van der Waals surface area contributed by atoms with Crippen LogP contribution >= 0.6 is 11.8 Å². The SMILES string of the molecule is CC(C)Sc1nc(N2CCOCC2)c2cnn(CCNC(=O)CC(c3ccccc3)c3ccccc3)c2n1. The summed E-state index contributed by atoms with van der Waals surface area (Å²) in [5, 5.41) is 9.76. The lowest BCUT2D eigenvalue weighted by atomic mass is 9.88. The minimum absolute atomic E-state index is 0.00220. The Morgan fingerprint density at radius 3 is 2.29 bits per heavy atom. The topological polar surface area (TPSA) is 85.2 Å². The van der Waals surface area contributed by atoms with Gasteiger partial charge in [0.1, 0.15) is 5.82 Å². The van der Waals surface area contributed by atoms with Crippen LogP contribution in [0.4, 0.5) is 5.82 Å². The first kappa shape index (κ1) is 26.2. The van der Waals surface area contributed by atoms with Crippen LogP contribution in [0.25, 0.3) is 11.0 Å². The number of fused-ring (bicyclic) bond motifs is 1. The summed E-state index contributed by atoms with van der Waals surface area (Å²) in [6.45, 7) is 8.23. The molecule has 1 saturated heterocycles. The first-order valence-electron chi connectivity index (χ1n) is 13.2. The molecule has 1 N–H and O–H groups in total. The van der Waals surface area contributed by atoms with E-state index in [1.807, 2.05) is 47.3 Å². The van der Waals surface area contributed by atoms with E-state index >= 15 is 0 Å². The molecule has 0 spiro atoms. The predicted molar refractivity (Wildman–Crippen MR) is 152 cm³/mol. The van der Waals surface area contributed by atoms with Gasteiger partial charge in [-0.15, -0.1) is 0 Å². The van der Waals surface area contributed by atoms with Gasteiger partial charge in [-0.2, -0.15) is 5.10 Å². The van der Waals surface area contributed by atoms with Crippen molar-refractivity contribution in [2.45, 2.75) is 43.1 Å². The number of carbonyl (C=O) groups excluding carboxylic acids is 1. The fraction of sp³-hybridized carbons (Fsp3) is 0.379. The minimum atomic E-state index is 0.00220. The molecule has 1 fully saturated rings. The Balaban J connectivity index is 1.29. The molecule has 9 heteroatoms. The van der Waals surface area contributed by atoms with Crippen LogP contribution in [0.5, 0.6) is 0 Å². The number of carbonyl (C=O) groups is 1. The number of anilines is 1. The lowest BCUT2D eigenvalue weighted by molar-refractivity contribution is -0.121. The summed E-state index contributed by atoms with van der Waals surface area (Å²) in [5.74, 6) is 0.923. The van der Waals surface area contributed by atoms with Gasteiger partial charge in [0.15, 0.2) is 10.8 Å². The van der Waals surface area contributed by atoms with Gasteiger partial charge in [-0.05, 0) is 11.1 Å². The van der Waals surface area contributed by atoms with E-state index in [4.69, 9.17) is 14.7 Å². The predicted octanol–water partition coefficient (Wildman–Crippen LogP) is 4.50.